The molecule has 0 bridgehead atoms. The van der Waals surface area contributed by atoms with Gasteiger partial charge in [-0.25, -0.2) is 19.2 Å². The number of hydrogen-bond donors (Lipinski definition) is 2. The predicted molar refractivity (Wildman–Crippen MR) is 97.4 cm³/mol. The second-order valence-corrected chi connectivity index (χ2v) is 5.42. The van der Waals surface area contributed by atoms with Crippen LogP contribution in [-0.2, 0) is 4.74 Å². The van der Waals surface area contributed by atoms with Gasteiger partial charge in [0, 0.05) is 18.1 Å². The van der Waals surface area contributed by atoms with E-state index < -0.39 is 11.9 Å². The number of carbonyl (C=O) groups excluding carboxylic acids is 2. The van der Waals surface area contributed by atoms with Crippen LogP contribution in [0.15, 0.2) is 60.9 Å². The third-order valence-corrected chi connectivity index (χ3v) is 3.59. The van der Waals surface area contributed by atoms with Crippen LogP contribution in [0.4, 0.5) is 21.7 Å². The average Bonchev–Trinajstić information content (AvgIpc) is 2.70. The summed E-state index contributed by atoms with van der Waals surface area (Å²) in [5.74, 6) is -1.10. The van der Waals surface area contributed by atoms with Crippen LogP contribution in [0, 0.1) is 5.82 Å². The molecule has 136 valence electrons. The van der Waals surface area contributed by atoms with E-state index in [-0.39, 0.29) is 17.3 Å². The summed E-state index contributed by atoms with van der Waals surface area (Å²) in [7, 11) is 1.30. The molecule has 0 aliphatic heterocycles. The highest BCUT2D eigenvalue weighted by Crippen LogP contribution is 2.19. The number of aromatic nitrogens is 2. The van der Waals surface area contributed by atoms with Crippen LogP contribution in [0.3, 0.4) is 0 Å². The first-order chi connectivity index (χ1) is 13.1. The van der Waals surface area contributed by atoms with Crippen LogP contribution >= 0.6 is 0 Å². The molecule has 0 saturated carbocycles. The maximum absolute atomic E-state index is 12.9. The second-order valence-electron chi connectivity index (χ2n) is 5.42. The Kier molecular flexibility index (Phi) is 5.36. The van der Waals surface area contributed by atoms with Crippen molar-refractivity contribution in [1.82, 2.24) is 9.97 Å². The molecule has 2 aromatic carbocycles. The molecule has 1 amide bonds. The quantitative estimate of drug-likeness (QED) is 0.672. The summed E-state index contributed by atoms with van der Waals surface area (Å²) in [5.41, 5.74) is 1.50. The summed E-state index contributed by atoms with van der Waals surface area (Å²) in [5, 5.41) is 5.53. The molecule has 0 atom stereocenters. The molecule has 1 heterocycles. The van der Waals surface area contributed by atoms with Gasteiger partial charge >= 0.3 is 5.97 Å². The van der Waals surface area contributed by atoms with Crippen LogP contribution in [0.5, 0.6) is 0 Å². The summed E-state index contributed by atoms with van der Waals surface area (Å²) in [4.78, 5) is 32.1. The van der Waals surface area contributed by atoms with Gasteiger partial charge in [0.1, 0.15) is 5.82 Å². The molecule has 0 spiro atoms. The Bertz CT molecular complexity index is 959. The Balaban J connectivity index is 1.71. The highest BCUT2D eigenvalue weighted by atomic mass is 19.1. The number of nitrogens with one attached hydrogen (secondary N) is 2. The fourth-order valence-electron chi connectivity index (χ4n) is 2.25. The molecule has 0 saturated heterocycles. The SMILES string of the molecule is COC(=O)c1ccccc1Nc1ncc(C(=O)Nc2ccc(F)cc2)cn1. The lowest BCUT2D eigenvalue weighted by molar-refractivity contribution is 0.0601. The zero-order chi connectivity index (χ0) is 19.2. The fourth-order valence-corrected chi connectivity index (χ4v) is 2.25. The molecule has 3 rings (SSSR count). The monoisotopic (exact) mass is 366 g/mol. The lowest BCUT2D eigenvalue weighted by atomic mass is 10.2. The number of carbonyl (C=O) groups is 2. The number of anilines is 3. The maximum atomic E-state index is 12.9. The molecule has 0 aliphatic carbocycles. The van der Waals surface area contributed by atoms with Gasteiger partial charge in [-0.2, -0.15) is 0 Å². The number of hydrogen-bond acceptors (Lipinski definition) is 6. The van der Waals surface area contributed by atoms with Crippen molar-refractivity contribution in [3.63, 3.8) is 0 Å². The van der Waals surface area contributed by atoms with Crippen molar-refractivity contribution in [3.05, 3.63) is 77.9 Å². The molecule has 8 heteroatoms. The minimum atomic E-state index is -0.492. The first-order valence-corrected chi connectivity index (χ1v) is 7.90. The summed E-state index contributed by atoms with van der Waals surface area (Å²) >= 11 is 0. The van der Waals surface area contributed by atoms with E-state index in [1.165, 1.54) is 43.8 Å². The van der Waals surface area contributed by atoms with Gasteiger partial charge in [0.2, 0.25) is 5.95 Å². The lowest BCUT2D eigenvalue weighted by Gasteiger charge is -2.09. The Morgan fingerprint density at radius 1 is 1.00 bits per heavy atom. The van der Waals surface area contributed by atoms with E-state index in [2.05, 4.69) is 20.6 Å². The van der Waals surface area contributed by atoms with Crippen molar-refractivity contribution in [1.29, 1.82) is 0 Å². The highest BCUT2D eigenvalue weighted by molar-refractivity contribution is 6.04. The van der Waals surface area contributed by atoms with Gasteiger partial charge in [-0.05, 0) is 36.4 Å². The number of benzene rings is 2. The van der Waals surface area contributed by atoms with Crippen molar-refractivity contribution in [2.24, 2.45) is 0 Å². The molecular weight excluding hydrogens is 351 g/mol. The van der Waals surface area contributed by atoms with E-state index in [4.69, 9.17) is 4.74 Å². The average molecular weight is 366 g/mol. The van der Waals surface area contributed by atoms with Gasteiger partial charge in [0.15, 0.2) is 0 Å². The highest BCUT2D eigenvalue weighted by Gasteiger charge is 2.13. The van der Waals surface area contributed by atoms with Gasteiger partial charge < -0.3 is 15.4 Å². The molecule has 1 aromatic heterocycles. The van der Waals surface area contributed by atoms with E-state index in [1.54, 1.807) is 24.3 Å². The molecular formula is C19H15FN4O3. The number of esters is 1. The molecule has 2 N–H and O–H groups in total. The third kappa shape index (κ3) is 4.43. The summed E-state index contributed by atoms with van der Waals surface area (Å²) in [6.45, 7) is 0. The standard InChI is InChI=1S/C19H15FN4O3/c1-27-18(26)15-4-2-3-5-16(15)24-19-21-10-12(11-22-19)17(25)23-14-8-6-13(20)7-9-14/h2-11H,1H3,(H,23,25)(H,21,22,24). The number of methoxy groups -OCH3 is 1. The van der Waals surface area contributed by atoms with Crippen molar-refractivity contribution in [3.8, 4) is 0 Å². The molecule has 27 heavy (non-hydrogen) atoms. The van der Waals surface area contributed by atoms with E-state index in [0.717, 1.165) is 0 Å². The van der Waals surface area contributed by atoms with Gasteiger partial charge in [0.05, 0.1) is 23.9 Å². The zero-order valence-electron chi connectivity index (χ0n) is 14.3. The second kappa shape index (κ2) is 8.05. The molecule has 0 radical (unpaired) electrons. The lowest BCUT2D eigenvalue weighted by Crippen LogP contribution is -2.13. The first kappa shape index (κ1) is 18.0. The Labute approximate surface area is 154 Å². The number of halogens is 1. The van der Waals surface area contributed by atoms with E-state index in [0.29, 0.717) is 16.9 Å². The Morgan fingerprint density at radius 2 is 1.67 bits per heavy atom. The predicted octanol–water partition coefficient (Wildman–Crippen LogP) is 3.40. The number of ether oxygens (including phenoxy) is 1. The molecule has 3 aromatic rings. The Hall–Kier alpha value is -3.81. The smallest absolute Gasteiger partial charge is 0.339 e. The summed E-state index contributed by atoms with van der Waals surface area (Å²) < 4.78 is 17.6. The minimum absolute atomic E-state index is 0.213. The molecule has 0 unspecified atom stereocenters. The van der Waals surface area contributed by atoms with Crippen LogP contribution in [0.25, 0.3) is 0 Å². The van der Waals surface area contributed by atoms with E-state index >= 15 is 0 Å². The number of amides is 1. The van der Waals surface area contributed by atoms with Gasteiger partial charge in [-0.3, -0.25) is 4.79 Å². The number of nitrogens with zero attached hydrogens (tertiary/aromatic N) is 2. The van der Waals surface area contributed by atoms with Crippen molar-refractivity contribution in [2.45, 2.75) is 0 Å². The first-order valence-electron chi connectivity index (χ1n) is 7.90. The molecule has 0 aliphatic rings. The third-order valence-electron chi connectivity index (χ3n) is 3.59. The normalized spacial score (nSPS) is 10.1. The summed E-state index contributed by atoms with van der Waals surface area (Å²) in [6, 6.07) is 12.2. The van der Waals surface area contributed by atoms with Gasteiger partial charge in [-0.15, -0.1) is 0 Å². The van der Waals surface area contributed by atoms with Crippen molar-refractivity contribution in [2.75, 3.05) is 17.7 Å². The fraction of sp³-hybridized carbons (Fsp3) is 0.0526. The topological polar surface area (TPSA) is 93.2 Å². The number of para-hydroxylation sites is 1. The molecule has 7 nitrogen and oxygen atoms in total. The van der Waals surface area contributed by atoms with Crippen LogP contribution in [0.2, 0.25) is 0 Å². The summed E-state index contributed by atoms with van der Waals surface area (Å²) in [6.07, 6.45) is 2.68. The minimum Gasteiger partial charge on any atom is -0.465 e. The van der Waals surface area contributed by atoms with E-state index in [9.17, 15) is 14.0 Å². The van der Waals surface area contributed by atoms with Crippen molar-refractivity contribution >= 4 is 29.2 Å². The zero-order valence-corrected chi connectivity index (χ0v) is 14.3. The largest absolute Gasteiger partial charge is 0.465 e. The van der Waals surface area contributed by atoms with Crippen LogP contribution in [-0.4, -0.2) is 29.0 Å². The van der Waals surface area contributed by atoms with Gasteiger partial charge in [0.25, 0.3) is 5.91 Å². The number of rotatable bonds is 5. The van der Waals surface area contributed by atoms with Crippen LogP contribution in [0.1, 0.15) is 20.7 Å². The van der Waals surface area contributed by atoms with E-state index in [1.807, 2.05) is 0 Å². The van der Waals surface area contributed by atoms with Gasteiger partial charge in [-0.1, -0.05) is 12.1 Å². The Morgan fingerprint density at radius 3 is 2.33 bits per heavy atom. The maximum Gasteiger partial charge on any atom is 0.339 e. The van der Waals surface area contributed by atoms with Crippen molar-refractivity contribution < 1.29 is 18.7 Å². The molecule has 0 fully saturated rings. The van der Waals surface area contributed by atoms with Crippen LogP contribution < -0.4 is 10.6 Å².